The summed E-state index contributed by atoms with van der Waals surface area (Å²) in [5, 5.41) is 14.1. The van der Waals surface area contributed by atoms with E-state index in [9.17, 15) is 10.1 Å². The molecule has 0 unspecified atom stereocenters. The lowest BCUT2D eigenvalue weighted by molar-refractivity contribution is 0.211. The Hall–Kier alpha value is -3.27. The summed E-state index contributed by atoms with van der Waals surface area (Å²) in [5.74, 6) is 0.322. The van der Waals surface area contributed by atoms with Gasteiger partial charge in [-0.2, -0.15) is 10.4 Å². The predicted octanol–water partition coefficient (Wildman–Crippen LogP) is 1.69. The van der Waals surface area contributed by atoms with E-state index >= 15 is 0 Å². The van der Waals surface area contributed by atoms with Crippen LogP contribution < -0.4 is 10.5 Å². The number of hydrogen-bond acceptors (Lipinski definition) is 4. The first-order chi connectivity index (χ1) is 10.1. The number of benzene rings is 1. The topological polar surface area (TPSA) is 98.9 Å². The van der Waals surface area contributed by atoms with Crippen molar-refractivity contribution >= 4 is 17.0 Å². The molecule has 0 aliphatic rings. The van der Waals surface area contributed by atoms with Crippen LogP contribution in [0.4, 0.5) is 4.79 Å². The summed E-state index contributed by atoms with van der Waals surface area (Å²) < 4.78 is 8.36. The second-order valence-corrected chi connectivity index (χ2v) is 4.50. The first kappa shape index (κ1) is 12.7. The molecular formula is C14H11N5O2. The van der Waals surface area contributed by atoms with Crippen molar-refractivity contribution in [3.8, 4) is 17.5 Å². The van der Waals surface area contributed by atoms with Crippen molar-refractivity contribution in [3.05, 3.63) is 42.4 Å². The van der Waals surface area contributed by atoms with E-state index < -0.39 is 6.09 Å². The van der Waals surface area contributed by atoms with E-state index in [-0.39, 0.29) is 0 Å². The highest BCUT2D eigenvalue weighted by molar-refractivity contribution is 5.89. The van der Waals surface area contributed by atoms with Gasteiger partial charge < -0.3 is 15.0 Å². The molecule has 3 aromatic rings. The Bertz CT molecular complexity index is 885. The molecule has 0 atom stereocenters. The Labute approximate surface area is 119 Å². The zero-order chi connectivity index (χ0) is 15.0. The van der Waals surface area contributed by atoms with Crippen molar-refractivity contribution < 1.29 is 9.53 Å². The maximum absolute atomic E-state index is 10.9. The maximum atomic E-state index is 10.9. The lowest BCUT2D eigenvalue weighted by Crippen LogP contribution is -2.16. The Morgan fingerprint density at radius 2 is 2.24 bits per heavy atom. The van der Waals surface area contributed by atoms with Gasteiger partial charge in [-0.05, 0) is 12.1 Å². The summed E-state index contributed by atoms with van der Waals surface area (Å²) in [6.45, 7) is 0. The van der Waals surface area contributed by atoms with E-state index in [2.05, 4.69) is 11.2 Å². The molecule has 1 aromatic carbocycles. The minimum Gasteiger partial charge on any atom is -0.410 e. The number of fused-ring (bicyclic) bond motifs is 1. The zero-order valence-corrected chi connectivity index (χ0v) is 11.1. The highest BCUT2D eigenvalue weighted by atomic mass is 16.5. The molecule has 3 rings (SSSR count). The van der Waals surface area contributed by atoms with Gasteiger partial charge in [0.15, 0.2) is 0 Å². The fourth-order valence-corrected chi connectivity index (χ4v) is 2.22. The summed E-state index contributed by atoms with van der Waals surface area (Å²) in [6.07, 6.45) is 4.34. The number of hydrogen-bond donors (Lipinski definition) is 1. The third-order valence-electron chi connectivity index (χ3n) is 3.09. The van der Waals surface area contributed by atoms with Crippen LogP contribution in [-0.2, 0) is 7.05 Å². The summed E-state index contributed by atoms with van der Waals surface area (Å²) in [5.41, 5.74) is 7.09. The molecule has 7 nitrogen and oxygen atoms in total. The van der Waals surface area contributed by atoms with Gasteiger partial charge in [0.05, 0.1) is 23.0 Å². The van der Waals surface area contributed by atoms with E-state index in [1.54, 1.807) is 35.3 Å². The summed E-state index contributed by atoms with van der Waals surface area (Å²) in [4.78, 5) is 10.9. The van der Waals surface area contributed by atoms with Crippen LogP contribution in [0.2, 0.25) is 0 Å². The molecule has 0 saturated heterocycles. The molecular weight excluding hydrogens is 270 g/mol. The quantitative estimate of drug-likeness (QED) is 0.772. The maximum Gasteiger partial charge on any atom is 0.409 e. The minimum atomic E-state index is -0.880. The van der Waals surface area contributed by atoms with E-state index in [0.29, 0.717) is 11.3 Å². The van der Waals surface area contributed by atoms with Crippen molar-refractivity contribution in [2.45, 2.75) is 0 Å². The van der Waals surface area contributed by atoms with Gasteiger partial charge in [0, 0.05) is 30.9 Å². The van der Waals surface area contributed by atoms with Crippen molar-refractivity contribution in [1.82, 2.24) is 14.3 Å². The van der Waals surface area contributed by atoms with Gasteiger partial charge >= 0.3 is 6.09 Å². The molecule has 2 heterocycles. The minimum absolute atomic E-state index is 0.322. The van der Waals surface area contributed by atoms with Crippen LogP contribution in [0.25, 0.3) is 16.6 Å². The normalized spacial score (nSPS) is 10.5. The monoisotopic (exact) mass is 281 g/mol. The molecule has 0 aliphatic carbocycles. The number of nitrogens with zero attached hydrogens (tertiary/aromatic N) is 4. The SMILES string of the molecule is Cn1cc(-n2cc(C#N)c3ccc(OC(N)=O)cc32)cn1. The molecule has 0 aliphatic heterocycles. The number of nitriles is 1. The van der Waals surface area contributed by atoms with Crippen LogP contribution in [0.3, 0.4) is 0 Å². The van der Waals surface area contributed by atoms with Crippen molar-refractivity contribution in [1.29, 1.82) is 5.26 Å². The first-order valence-corrected chi connectivity index (χ1v) is 6.10. The van der Waals surface area contributed by atoms with Crippen LogP contribution >= 0.6 is 0 Å². The molecule has 0 saturated carbocycles. The van der Waals surface area contributed by atoms with Crippen LogP contribution in [0.15, 0.2) is 36.8 Å². The van der Waals surface area contributed by atoms with Gasteiger partial charge in [-0.15, -0.1) is 0 Å². The number of nitrogens with two attached hydrogens (primary N) is 1. The number of ether oxygens (including phenoxy) is 1. The first-order valence-electron chi connectivity index (χ1n) is 6.10. The van der Waals surface area contributed by atoms with Crippen LogP contribution in [0, 0.1) is 11.3 Å². The van der Waals surface area contributed by atoms with Gasteiger partial charge in [-0.25, -0.2) is 4.79 Å². The standard InChI is InChI=1S/C14H11N5O2/c1-18-8-10(6-17-18)19-7-9(5-15)12-3-2-11(4-13(12)19)21-14(16)20/h2-4,6-8H,1H3,(H2,16,20). The van der Waals surface area contributed by atoms with Crippen molar-refractivity contribution in [3.63, 3.8) is 0 Å². The Morgan fingerprint density at radius 1 is 1.43 bits per heavy atom. The van der Waals surface area contributed by atoms with Crippen LogP contribution in [0.5, 0.6) is 5.75 Å². The van der Waals surface area contributed by atoms with E-state index in [0.717, 1.165) is 16.6 Å². The number of carbonyl (C=O) groups is 1. The highest BCUT2D eigenvalue weighted by Crippen LogP contribution is 2.28. The van der Waals surface area contributed by atoms with Crippen molar-refractivity contribution in [2.75, 3.05) is 0 Å². The average Bonchev–Trinajstić information content (AvgIpc) is 3.01. The fraction of sp³-hybridized carbons (Fsp3) is 0.0714. The Morgan fingerprint density at radius 3 is 2.86 bits per heavy atom. The number of carbonyl (C=O) groups excluding carboxylic acids is 1. The number of amides is 1. The number of aryl methyl sites for hydroxylation is 1. The molecule has 21 heavy (non-hydrogen) atoms. The molecule has 0 radical (unpaired) electrons. The van der Waals surface area contributed by atoms with Crippen molar-refractivity contribution in [2.24, 2.45) is 12.8 Å². The Kier molecular flexibility index (Phi) is 2.84. The Balaban J connectivity index is 2.23. The molecule has 2 aromatic heterocycles. The van der Waals surface area contributed by atoms with Gasteiger partial charge in [-0.3, -0.25) is 4.68 Å². The number of rotatable bonds is 2. The number of aromatic nitrogens is 3. The molecule has 1 amide bonds. The van der Waals surface area contributed by atoms with Gasteiger partial charge in [0.2, 0.25) is 0 Å². The van der Waals surface area contributed by atoms with Crippen LogP contribution in [-0.4, -0.2) is 20.4 Å². The second kappa shape index (κ2) is 4.68. The third-order valence-corrected chi connectivity index (χ3v) is 3.09. The summed E-state index contributed by atoms with van der Waals surface area (Å²) in [6, 6.07) is 7.13. The molecule has 104 valence electrons. The number of primary amides is 1. The highest BCUT2D eigenvalue weighted by Gasteiger charge is 2.12. The average molecular weight is 281 g/mol. The fourth-order valence-electron chi connectivity index (χ4n) is 2.22. The second-order valence-electron chi connectivity index (χ2n) is 4.50. The third kappa shape index (κ3) is 2.19. The summed E-state index contributed by atoms with van der Waals surface area (Å²) in [7, 11) is 1.81. The lowest BCUT2D eigenvalue weighted by Gasteiger charge is -2.04. The molecule has 0 spiro atoms. The smallest absolute Gasteiger partial charge is 0.409 e. The van der Waals surface area contributed by atoms with Crippen LogP contribution in [0.1, 0.15) is 5.56 Å². The summed E-state index contributed by atoms with van der Waals surface area (Å²) >= 11 is 0. The molecule has 7 heteroatoms. The predicted molar refractivity (Wildman–Crippen MR) is 75.0 cm³/mol. The van der Waals surface area contributed by atoms with E-state index in [1.165, 1.54) is 0 Å². The zero-order valence-electron chi connectivity index (χ0n) is 11.1. The van der Waals surface area contributed by atoms with Gasteiger partial charge in [0.1, 0.15) is 11.8 Å². The van der Waals surface area contributed by atoms with Gasteiger partial charge in [-0.1, -0.05) is 0 Å². The lowest BCUT2D eigenvalue weighted by atomic mass is 10.2. The molecule has 0 bridgehead atoms. The van der Waals surface area contributed by atoms with E-state index in [4.69, 9.17) is 10.5 Å². The molecule has 0 fully saturated rings. The van der Waals surface area contributed by atoms with E-state index in [1.807, 2.05) is 17.8 Å². The largest absolute Gasteiger partial charge is 0.410 e. The van der Waals surface area contributed by atoms with Gasteiger partial charge in [0.25, 0.3) is 0 Å². The molecule has 2 N–H and O–H groups in total.